The highest BCUT2D eigenvalue weighted by Gasteiger charge is 2.19. The Balaban J connectivity index is 4.30. The molecular weight excluding hydrogens is 733 g/mol. The molecule has 2 atom stereocenters. The van der Waals surface area contributed by atoms with Gasteiger partial charge in [-0.25, -0.2) is 0 Å². The highest BCUT2D eigenvalue weighted by molar-refractivity contribution is 5.71. The van der Waals surface area contributed by atoms with Gasteiger partial charge in [-0.15, -0.1) is 0 Å². The van der Waals surface area contributed by atoms with Crippen LogP contribution >= 0.6 is 0 Å². The van der Waals surface area contributed by atoms with Crippen LogP contribution in [0.25, 0.3) is 0 Å². The van der Waals surface area contributed by atoms with Crippen molar-refractivity contribution in [3.05, 3.63) is 0 Å². The van der Waals surface area contributed by atoms with Gasteiger partial charge in [-0.1, -0.05) is 247 Å². The second-order valence-corrected chi connectivity index (χ2v) is 19.4. The molecule has 0 aliphatic carbocycles. The van der Waals surface area contributed by atoms with Gasteiger partial charge < -0.3 is 14.2 Å². The van der Waals surface area contributed by atoms with Crippen molar-refractivity contribution in [2.75, 3.05) is 13.2 Å². The van der Waals surface area contributed by atoms with Crippen LogP contribution in [0, 0.1) is 17.8 Å². The molecule has 0 heterocycles. The van der Waals surface area contributed by atoms with Crippen molar-refractivity contribution in [3.63, 3.8) is 0 Å². The van der Waals surface area contributed by atoms with E-state index in [-0.39, 0.29) is 31.1 Å². The van der Waals surface area contributed by atoms with E-state index in [0.29, 0.717) is 19.3 Å². The third-order valence-corrected chi connectivity index (χ3v) is 12.3. The largest absolute Gasteiger partial charge is 0.462 e. The molecule has 0 bridgehead atoms. The number of rotatable bonds is 46. The van der Waals surface area contributed by atoms with Crippen molar-refractivity contribution in [1.82, 2.24) is 0 Å². The minimum Gasteiger partial charge on any atom is -0.462 e. The van der Waals surface area contributed by atoms with Gasteiger partial charge in [0.15, 0.2) is 6.10 Å². The normalized spacial score (nSPS) is 12.6. The van der Waals surface area contributed by atoms with E-state index < -0.39 is 6.10 Å². The number of ether oxygens (including phenoxy) is 3. The SMILES string of the molecule is CCC(C)CCCCCCCCC(=O)OC[C@@H](COC(=O)CCCCCCCCCCCCCC(C)C)OC(=O)CCCCCCCCCCCCCCCCC(C)C. The molecule has 0 rings (SSSR count). The van der Waals surface area contributed by atoms with Gasteiger partial charge >= 0.3 is 17.9 Å². The fraction of sp³-hybridized carbons (Fsp3) is 0.943. The zero-order chi connectivity index (χ0) is 43.4. The molecule has 0 fully saturated rings. The monoisotopic (exact) mass is 835 g/mol. The second kappa shape index (κ2) is 44.5. The molecule has 0 radical (unpaired) electrons. The molecule has 0 aliphatic heterocycles. The molecule has 0 saturated heterocycles. The molecule has 0 aliphatic rings. The number of carbonyl (C=O) groups excluding carboxylic acids is 3. The smallest absolute Gasteiger partial charge is 0.306 e. The van der Waals surface area contributed by atoms with Gasteiger partial charge in [-0.3, -0.25) is 14.4 Å². The summed E-state index contributed by atoms with van der Waals surface area (Å²) in [5.74, 6) is 1.63. The van der Waals surface area contributed by atoms with Crippen LogP contribution in [-0.4, -0.2) is 37.2 Å². The van der Waals surface area contributed by atoms with E-state index in [9.17, 15) is 14.4 Å². The molecule has 0 aromatic rings. The van der Waals surface area contributed by atoms with E-state index in [2.05, 4.69) is 41.5 Å². The molecule has 1 unspecified atom stereocenters. The quantitative estimate of drug-likeness (QED) is 0.0345. The second-order valence-electron chi connectivity index (χ2n) is 19.4. The lowest BCUT2D eigenvalue weighted by molar-refractivity contribution is -0.167. The summed E-state index contributed by atoms with van der Waals surface area (Å²) in [5, 5.41) is 0. The summed E-state index contributed by atoms with van der Waals surface area (Å²) in [6, 6.07) is 0. The van der Waals surface area contributed by atoms with Crippen molar-refractivity contribution < 1.29 is 28.6 Å². The summed E-state index contributed by atoms with van der Waals surface area (Å²) in [4.78, 5) is 37.9. The summed E-state index contributed by atoms with van der Waals surface area (Å²) >= 11 is 0. The van der Waals surface area contributed by atoms with Crippen LogP contribution in [0.1, 0.15) is 286 Å². The molecule has 59 heavy (non-hydrogen) atoms. The van der Waals surface area contributed by atoms with Gasteiger partial charge in [0, 0.05) is 19.3 Å². The highest BCUT2D eigenvalue weighted by atomic mass is 16.6. The first-order valence-electron chi connectivity index (χ1n) is 26.1. The van der Waals surface area contributed by atoms with E-state index in [1.54, 1.807) is 0 Å². The summed E-state index contributed by atoms with van der Waals surface area (Å²) in [7, 11) is 0. The Kier molecular flexibility index (Phi) is 43.3. The van der Waals surface area contributed by atoms with E-state index in [0.717, 1.165) is 75.5 Å². The summed E-state index contributed by atoms with van der Waals surface area (Å²) in [6.07, 6.45) is 43.8. The lowest BCUT2D eigenvalue weighted by atomic mass is 10.00. The lowest BCUT2D eigenvalue weighted by Crippen LogP contribution is -2.30. The molecule has 0 spiro atoms. The summed E-state index contributed by atoms with van der Waals surface area (Å²) < 4.78 is 16.8. The third kappa shape index (κ3) is 45.8. The third-order valence-electron chi connectivity index (χ3n) is 12.3. The first-order valence-corrected chi connectivity index (χ1v) is 26.1. The van der Waals surface area contributed by atoms with Crippen molar-refractivity contribution in [3.8, 4) is 0 Å². The Morgan fingerprint density at radius 1 is 0.339 bits per heavy atom. The summed E-state index contributed by atoms with van der Waals surface area (Å²) in [6.45, 7) is 13.7. The standard InChI is InChI=1S/C53H102O6/c1-7-49(6)41-35-29-25-26-31-37-43-52(55)58-46-50(45-57-51(54)42-36-30-23-19-16-12-14-18-22-28-34-40-48(4)5)59-53(56)44-38-32-24-20-15-11-9-8-10-13-17-21-27-33-39-47(2)3/h47-50H,7-46H2,1-6H3/t49?,50-/m1/s1. The van der Waals surface area contributed by atoms with Crippen molar-refractivity contribution in [1.29, 1.82) is 0 Å². The molecular formula is C53H102O6. The molecule has 6 nitrogen and oxygen atoms in total. The number of hydrogen-bond donors (Lipinski definition) is 0. The van der Waals surface area contributed by atoms with Gasteiger partial charge in [0.2, 0.25) is 0 Å². The zero-order valence-electron chi connectivity index (χ0n) is 40.5. The molecule has 0 aromatic heterocycles. The average Bonchev–Trinajstić information content (AvgIpc) is 3.20. The number of hydrogen-bond acceptors (Lipinski definition) is 6. The van der Waals surface area contributed by atoms with E-state index in [4.69, 9.17) is 14.2 Å². The van der Waals surface area contributed by atoms with Gasteiger partial charge in [-0.05, 0) is 37.0 Å². The number of unbranched alkanes of at least 4 members (excludes halogenated alkanes) is 28. The maximum atomic E-state index is 12.8. The number of esters is 3. The van der Waals surface area contributed by atoms with Gasteiger partial charge in [0.05, 0.1) is 0 Å². The Labute approximate surface area is 368 Å². The molecule has 0 N–H and O–H groups in total. The first kappa shape index (κ1) is 57.4. The Bertz CT molecular complexity index is 916. The molecule has 0 amide bonds. The molecule has 0 saturated carbocycles. The maximum Gasteiger partial charge on any atom is 0.306 e. The molecule has 6 heteroatoms. The van der Waals surface area contributed by atoms with E-state index in [1.165, 1.54) is 167 Å². The average molecular weight is 835 g/mol. The lowest BCUT2D eigenvalue weighted by Gasteiger charge is -2.18. The summed E-state index contributed by atoms with van der Waals surface area (Å²) in [5.41, 5.74) is 0. The van der Waals surface area contributed by atoms with Crippen molar-refractivity contribution >= 4 is 17.9 Å². The predicted molar refractivity (Wildman–Crippen MR) is 252 cm³/mol. The Hall–Kier alpha value is -1.59. The van der Waals surface area contributed by atoms with Crippen LogP contribution in [0.5, 0.6) is 0 Å². The minimum atomic E-state index is -0.763. The van der Waals surface area contributed by atoms with Gasteiger partial charge in [0.25, 0.3) is 0 Å². The fourth-order valence-corrected chi connectivity index (χ4v) is 7.91. The molecule has 0 aromatic carbocycles. The first-order chi connectivity index (χ1) is 28.6. The van der Waals surface area contributed by atoms with Crippen molar-refractivity contribution in [2.24, 2.45) is 17.8 Å². The van der Waals surface area contributed by atoms with E-state index in [1.807, 2.05) is 0 Å². The van der Waals surface area contributed by atoms with Gasteiger partial charge in [0.1, 0.15) is 13.2 Å². The maximum absolute atomic E-state index is 12.8. The van der Waals surface area contributed by atoms with Crippen LogP contribution in [0.4, 0.5) is 0 Å². The van der Waals surface area contributed by atoms with E-state index >= 15 is 0 Å². The predicted octanol–water partition coefficient (Wildman–Crippen LogP) is 16.8. The number of carbonyl (C=O) groups is 3. The Morgan fingerprint density at radius 2 is 0.593 bits per heavy atom. The molecule has 350 valence electrons. The van der Waals surface area contributed by atoms with Crippen LogP contribution in [0.15, 0.2) is 0 Å². The van der Waals surface area contributed by atoms with Crippen molar-refractivity contribution in [2.45, 2.75) is 292 Å². The van der Waals surface area contributed by atoms with Crippen LogP contribution < -0.4 is 0 Å². The van der Waals surface area contributed by atoms with Crippen LogP contribution in [0.3, 0.4) is 0 Å². The van der Waals surface area contributed by atoms with Crippen LogP contribution in [-0.2, 0) is 28.6 Å². The fourth-order valence-electron chi connectivity index (χ4n) is 7.91. The van der Waals surface area contributed by atoms with Crippen LogP contribution in [0.2, 0.25) is 0 Å². The minimum absolute atomic E-state index is 0.0652. The Morgan fingerprint density at radius 3 is 0.881 bits per heavy atom. The zero-order valence-corrected chi connectivity index (χ0v) is 40.5. The topological polar surface area (TPSA) is 78.9 Å². The van der Waals surface area contributed by atoms with Gasteiger partial charge in [-0.2, -0.15) is 0 Å². The highest BCUT2D eigenvalue weighted by Crippen LogP contribution is 2.18.